The highest BCUT2D eigenvalue weighted by Crippen LogP contribution is 2.41. The molecule has 24 heavy (non-hydrogen) atoms. The Labute approximate surface area is 141 Å². The van der Waals surface area contributed by atoms with Crippen molar-refractivity contribution in [3.05, 3.63) is 52.8 Å². The zero-order valence-electron chi connectivity index (χ0n) is 13.7. The van der Waals surface area contributed by atoms with Crippen LogP contribution < -0.4 is 9.47 Å². The summed E-state index contributed by atoms with van der Waals surface area (Å²) in [4.78, 5) is 18.9. The molecular formula is C19H20N2O3. The van der Waals surface area contributed by atoms with E-state index in [4.69, 9.17) is 9.47 Å². The molecule has 0 unspecified atom stereocenters. The summed E-state index contributed by atoms with van der Waals surface area (Å²) < 4.78 is 11.5. The van der Waals surface area contributed by atoms with Crippen LogP contribution in [0.15, 0.2) is 30.6 Å². The van der Waals surface area contributed by atoms with Crippen molar-refractivity contribution in [2.24, 2.45) is 0 Å². The minimum atomic E-state index is 0.0181. The van der Waals surface area contributed by atoms with E-state index >= 15 is 0 Å². The van der Waals surface area contributed by atoms with Crippen LogP contribution in [0.5, 0.6) is 11.5 Å². The van der Waals surface area contributed by atoms with Gasteiger partial charge >= 0.3 is 0 Å². The second-order valence-electron chi connectivity index (χ2n) is 6.25. The van der Waals surface area contributed by atoms with Crippen LogP contribution in [0.1, 0.15) is 27.0 Å². The molecule has 0 saturated heterocycles. The Kier molecular flexibility index (Phi) is 3.84. The zero-order chi connectivity index (χ0) is 16.5. The second kappa shape index (κ2) is 6.15. The van der Waals surface area contributed by atoms with E-state index in [2.05, 4.69) is 4.98 Å². The predicted molar refractivity (Wildman–Crippen MR) is 89.7 cm³/mol. The summed E-state index contributed by atoms with van der Waals surface area (Å²) in [7, 11) is 1.85. The van der Waals surface area contributed by atoms with Crippen LogP contribution in [0.25, 0.3) is 0 Å². The summed E-state index contributed by atoms with van der Waals surface area (Å²) in [6, 6.07) is 6.00. The molecule has 124 valence electrons. The third-order valence-electron chi connectivity index (χ3n) is 4.70. The fourth-order valence-corrected chi connectivity index (χ4v) is 3.35. The lowest BCUT2D eigenvalue weighted by atomic mass is 9.98. The molecule has 4 rings (SSSR count). The minimum Gasteiger partial charge on any atom is -0.493 e. The van der Waals surface area contributed by atoms with Crippen LogP contribution >= 0.6 is 0 Å². The maximum absolute atomic E-state index is 13.1. The average molecular weight is 324 g/mol. The molecule has 0 bridgehead atoms. The highest BCUT2D eigenvalue weighted by Gasteiger charge is 2.31. The van der Waals surface area contributed by atoms with Gasteiger partial charge in [-0.2, -0.15) is 0 Å². The van der Waals surface area contributed by atoms with E-state index in [0.29, 0.717) is 25.3 Å². The van der Waals surface area contributed by atoms with E-state index < -0.39 is 0 Å². The molecule has 3 heterocycles. The number of carbonyl (C=O) groups excluding carboxylic acids is 1. The molecule has 1 aromatic heterocycles. The van der Waals surface area contributed by atoms with Crippen molar-refractivity contribution in [2.75, 3.05) is 26.8 Å². The fourth-order valence-electron chi connectivity index (χ4n) is 3.35. The van der Waals surface area contributed by atoms with E-state index in [9.17, 15) is 4.79 Å². The Morgan fingerprint density at radius 2 is 2.00 bits per heavy atom. The standard InChI is InChI=1S/C19H20N2O3/c1-21(9-4-13-2-7-20-8-3-13)19(22)17-15-6-11-23-16(15)12-14-5-10-24-18(14)17/h2-3,7-8,12H,4-6,9-11H2,1H3. The summed E-state index contributed by atoms with van der Waals surface area (Å²) in [5.41, 5.74) is 3.96. The second-order valence-corrected chi connectivity index (χ2v) is 6.25. The van der Waals surface area contributed by atoms with Gasteiger partial charge < -0.3 is 14.4 Å². The Bertz CT molecular complexity index is 742. The van der Waals surface area contributed by atoms with Gasteiger partial charge in [-0.05, 0) is 30.2 Å². The van der Waals surface area contributed by atoms with Gasteiger partial charge in [-0.1, -0.05) is 0 Å². The molecule has 0 saturated carbocycles. The van der Waals surface area contributed by atoms with Gasteiger partial charge in [0.25, 0.3) is 5.91 Å². The molecule has 2 aliphatic rings. The number of amides is 1. The van der Waals surface area contributed by atoms with Crippen LogP contribution in [-0.2, 0) is 19.3 Å². The normalized spacial score (nSPS) is 14.5. The SMILES string of the molecule is CN(CCc1ccncc1)C(=O)c1c2c(cc3c1OCC3)OCC2. The predicted octanol–water partition coefficient (Wildman–Crippen LogP) is 2.27. The highest BCUT2D eigenvalue weighted by molar-refractivity contribution is 6.00. The molecular weight excluding hydrogens is 304 g/mol. The van der Waals surface area contributed by atoms with Gasteiger partial charge in [-0.25, -0.2) is 0 Å². The Balaban J connectivity index is 1.58. The summed E-state index contributed by atoms with van der Waals surface area (Å²) in [5.74, 6) is 1.63. The number of hydrogen-bond acceptors (Lipinski definition) is 4. The van der Waals surface area contributed by atoms with Crippen molar-refractivity contribution in [3.63, 3.8) is 0 Å². The van der Waals surface area contributed by atoms with Crippen LogP contribution in [0.2, 0.25) is 0 Å². The molecule has 0 atom stereocenters. The Hall–Kier alpha value is -2.56. The number of hydrogen-bond donors (Lipinski definition) is 0. The molecule has 0 radical (unpaired) electrons. The van der Waals surface area contributed by atoms with Crippen molar-refractivity contribution < 1.29 is 14.3 Å². The van der Waals surface area contributed by atoms with Crippen molar-refractivity contribution in [1.82, 2.24) is 9.88 Å². The lowest BCUT2D eigenvalue weighted by Gasteiger charge is -2.20. The van der Waals surface area contributed by atoms with Gasteiger partial charge in [0.15, 0.2) is 0 Å². The molecule has 0 fully saturated rings. The van der Waals surface area contributed by atoms with Gasteiger partial charge in [0, 0.05) is 50.0 Å². The number of carbonyl (C=O) groups is 1. The van der Waals surface area contributed by atoms with Crippen molar-refractivity contribution >= 4 is 5.91 Å². The van der Waals surface area contributed by atoms with Gasteiger partial charge in [-0.15, -0.1) is 0 Å². The quantitative estimate of drug-likeness (QED) is 0.866. The molecule has 5 heteroatoms. The van der Waals surface area contributed by atoms with E-state index in [1.807, 2.05) is 25.2 Å². The zero-order valence-corrected chi connectivity index (χ0v) is 13.7. The fraction of sp³-hybridized carbons (Fsp3) is 0.368. The number of pyridine rings is 1. The molecule has 1 amide bonds. The smallest absolute Gasteiger partial charge is 0.257 e. The maximum Gasteiger partial charge on any atom is 0.257 e. The first-order valence-electron chi connectivity index (χ1n) is 8.33. The van der Waals surface area contributed by atoms with Crippen molar-refractivity contribution in [3.8, 4) is 11.5 Å². The first-order valence-corrected chi connectivity index (χ1v) is 8.33. The molecule has 0 aliphatic carbocycles. The molecule has 0 spiro atoms. The lowest BCUT2D eigenvalue weighted by Crippen LogP contribution is -2.30. The molecule has 0 N–H and O–H groups in total. The Morgan fingerprint density at radius 3 is 2.83 bits per heavy atom. The van der Waals surface area contributed by atoms with E-state index in [-0.39, 0.29) is 5.91 Å². The van der Waals surface area contributed by atoms with Crippen LogP contribution in [-0.4, -0.2) is 42.6 Å². The van der Waals surface area contributed by atoms with Gasteiger partial charge in [-0.3, -0.25) is 9.78 Å². The van der Waals surface area contributed by atoms with Crippen LogP contribution in [0.3, 0.4) is 0 Å². The van der Waals surface area contributed by atoms with Gasteiger partial charge in [0.2, 0.25) is 0 Å². The molecule has 2 aliphatic heterocycles. The number of likely N-dealkylation sites (N-methyl/N-ethyl adjacent to an activating group) is 1. The molecule has 2 aromatic rings. The summed E-state index contributed by atoms with van der Waals surface area (Å²) in [5, 5.41) is 0. The molecule has 1 aromatic carbocycles. The number of rotatable bonds is 4. The minimum absolute atomic E-state index is 0.0181. The first-order chi connectivity index (χ1) is 11.7. The number of benzene rings is 1. The van der Waals surface area contributed by atoms with E-state index in [1.54, 1.807) is 17.3 Å². The summed E-state index contributed by atoms with van der Waals surface area (Å²) >= 11 is 0. The monoisotopic (exact) mass is 324 g/mol. The van der Waals surface area contributed by atoms with Crippen molar-refractivity contribution in [2.45, 2.75) is 19.3 Å². The van der Waals surface area contributed by atoms with Crippen molar-refractivity contribution in [1.29, 1.82) is 0 Å². The number of aromatic nitrogens is 1. The third kappa shape index (κ3) is 2.60. The maximum atomic E-state index is 13.1. The van der Waals surface area contributed by atoms with Crippen LogP contribution in [0, 0.1) is 0 Å². The summed E-state index contributed by atoms with van der Waals surface area (Å²) in [6.07, 6.45) is 5.97. The number of ether oxygens (including phenoxy) is 2. The third-order valence-corrected chi connectivity index (χ3v) is 4.70. The lowest BCUT2D eigenvalue weighted by molar-refractivity contribution is 0.0792. The van der Waals surface area contributed by atoms with Gasteiger partial charge in [0.05, 0.1) is 18.8 Å². The largest absolute Gasteiger partial charge is 0.493 e. The molecule has 5 nitrogen and oxygen atoms in total. The Morgan fingerprint density at radius 1 is 1.21 bits per heavy atom. The van der Waals surface area contributed by atoms with E-state index in [0.717, 1.165) is 41.9 Å². The highest BCUT2D eigenvalue weighted by atomic mass is 16.5. The van der Waals surface area contributed by atoms with Gasteiger partial charge in [0.1, 0.15) is 11.5 Å². The number of nitrogens with zero attached hydrogens (tertiary/aromatic N) is 2. The average Bonchev–Trinajstić information content (AvgIpc) is 3.26. The topological polar surface area (TPSA) is 51.7 Å². The van der Waals surface area contributed by atoms with Crippen LogP contribution in [0.4, 0.5) is 0 Å². The number of fused-ring (bicyclic) bond motifs is 2. The van der Waals surface area contributed by atoms with E-state index in [1.165, 1.54) is 5.56 Å². The first kappa shape index (κ1) is 15.0. The summed E-state index contributed by atoms with van der Waals surface area (Å²) in [6.45, 7) is 1.93.